The zero-order valence-electron chi connectivity index (χ0n) is 13.8. The van der Waals surface area contributed by atoms with Crippen molar-refractivity contribution < 1.29 is 4.74 Å². The highest BCUT2D eigenvalue weighted by Gasteiger charge is 2.10. The summed E-state index contributed by atoms with van der Waals surface area (Å²) in [5.74, 6) is 0.952. The molecule has 0 atom stereocenters. The Balaban J connectivity index is 1.43. The molecule has 0 unspecified atom stereocenters. The fraction of sp³-hybridized carbons (Fsp3) is 0.500. The van der Waals surface area contributed by atoms with Gasteiger partial charge in [-0.1, -0.05) is 50.3 Å². The van der Waals surface area contributed by atoms with Crippen LogP contribution in [0.15, 0.2) is 41.8 Å². The van der Waals surface area contributed by atoms with E-state index in [2.05, 4.69) is 47.1 Å². The lowest BCUT2D eigenvalue weighted by molar-refractivity contribution is 0.309. The predicted molar refractivity (Wildman–Crippen MR) is 98.0 cm³/mol. The highest BCUT2D eigenvalue weighted by atomic mass is 32.1. The second-order valence-corrected chi connectivity index (χ2v) is 7.47. The minimum absolute atomic E-state index is 0.664. The molecule has 1 aliphatic carbocycles. The molecule has 0 spiro atoms. The molecule has 1 fully saturated rings. The lowest BCUT2D eigenvalue weighted by atomic mass is 9.96. The highest BCUT2D eigenvalue weighted by Crippen LogP contribution is 2.19. The lowest BCUT2D eigenvalue weighted by Gasteiger charge is -2.21. The van der Waals surface area contributed by atoms with Crippen LogP contribution >= 0.6 is 11.3 Å². The van der Waals surface area contributed by atoms with Crippen LogP contribution in [0, 0.1) is 0 Å². The molecule has 1 aromatic carbocycles. The Bertz CT molecular complexity index is 542. The molecule has 1 heterocycles. The third-order valence-corrected chi connectivity index (χ3v) is 5.43. The third kappa shape index (κ3) is 5.67. The van der Waals surface area contributed by atoms with Gasteiger partial charge in [0, 0.05) is 17.5 Å². The average Bonchev–Trinajstić information content (AvgIpc) is 3.06. The number of hydrogen-bond donors (Lipinski definition) is 1. The molecule has 1 aliphatic rings. The number of nitrogens with one attached hydrogen (secondary N) is 1. The summed E-state index contributed by atoms with van der Waals surface area (Å²) in [7, 11) is 0. The molecule has 1 N–H and O–H groups in total. The number of ether oxygens (including phenoxy) is 1. The predicted octanol–water partition coefficient (Wildman–Crippen LogP) is 5.53. The SMILES string of the molecule is c1csc(COc2ccc(CNC3CCCCCCC3)cc2)c1. The summed E-state index contributed by atoms with van der Waals surface area (Å²) in [5, 5.41) is 5.83. The molecule has 2 aromatic rings. The molecule has 0 aliphatic heterocycles. The number of rotatable bonds is 6. The van der Waals surface area contributed by atoms with Crippen LogP contribution in [0.25, 0.3) is 0 Å². The fourth-order valence-corrected chi connectivity index (χ4v) is 3.79. The molecular formula is C20H27NOS. The van der Waals surface area contributed by atoms with E-state index in [0.717, 1.165) is 12.3 Å². The number of hydrogen-bond acceptors (Lipinski definition) is 3. The Morgan fingerprint density at radius 3 is 2.39 bits per heavy atom. The van der Waals surface area contributed by atoms with E-state index in [1.165, 1.54) is 55.4 Å². The van der Waals surface area contributed by atoms with Crippen molar-refractivity contribution in [2.75, 3.05) is 0 Å². The fourth-order valence-electron chi connectivity index (χ4n) is 3.18. The van der Waals surface area contributed by atoms with Gasteiger partial charge in [-0.25, -0.2) is 0 Å². The summed E-state index contributed by atoms with van der Waals surface area (Å²) < 4.78 is 5.82. The second-order valence-electron chi connectivity index (χ2n) is 6.43. The maximum atomic E-state index is 5.82. The van der Waals surface area contributed by atoms with Gasteiger partial charge >= 0.3 is 0 Å². The molecule has 0 amide bonds. The van der Waals surface area contributed by atoms with Gasteiger partial charge in [-0.3, -0.25) is 0 Å². The first-order valence-corrected chi connectivity index (χ1v) is 9.75. The third-order valence-electron chi connectivity index (χ3n) is 4.58. The van der Waals surface area contributed by atoms with Gasteiger partial charge in [0.05, 0.1) is 0 Å². The Kier molecular flexibility index (Phi) is 6.54. The van der Waals surface area contributed by atoms with Crippen LogP contribution in [0.4, 0.5) is 0 Å². The first kappa shape index (κ1) is 16.5. The first-order chi connectivity index (χ1) is 11.4. The van der Waals surface area contributed by atoms with Crippen LogP contribution in [0.5, 0.6) is 5.75 Å². The Hall–Kier alpha value is -1.32. The molecule has 3 heteroatoms. The van der Waals surface area contributed by atoms with Crippen molar-refractivity contribution in [1.29, 1.82) is 0 Å². The van der Waals surface area contributed by atoms with Crippen molar-refractivity contribution in [3.8, 4) is 5.75 Å². The molecule has 1 saturated carbocycles. The van der Waals surface area contributed by atoms with Crippen molar-refractivity contribution in [2.24, 2.45) is 0 Å². The zero-order valence-corrected chi connectivity index (χ0v) is 14.6. The molecule has 1 aromatic heterocycles. The van der Waals surface area contributed by atoms with Crippen LogP contribution in [-0.2, 0) is 13.2 Å². The van der Waals surface area contributed by atoms with Gasteiger partial charge < -0.3 is 10.1 Å². The van der Waals surface area contributed by atoms with Gasteiger partial charge in [-0.15, -0.1) is 11.3 Å². The van der Waals surface area contributed by atoms with Gasteiger partial charge in [-0.05, 0) is 42.0 Å². The van der Waals surface area contributed by atoms with Gasteiger partial charge in [-0.2, -0.15) is 0 Å². The maximum Gasteiger partial charge on any atom is 0.122 e. The van der Waals surface area contributed by atoms with Crippen molar-refractivity contribution >= 4 is 11.3 Å². The summed E-state index contributed by atoms with van der Waals surface area (Å²) >= 11 is 1.74. The summed E-state index contributed by atoms with van der Waals surface area (Å²) in [6.45, 7) is 1.63. The molecular weight excluding hydrogens is 302 g/mol. The molecule has 3 rings (SSSR count). The van der Waals surface area contributed by atoms with E-state index in [0.29, 0.717) is 12.6 Å². The quantitative estimate of drug-likeness (QED) is 0.752. The van der Waals surface area contributed by atoms with E-state index in [1.807, 2.05) is 0 Å². The van der Waals surface area contributed by atoms with Crippen molar-refractivity contribution in [3.63, 3.8) is 0 Å². The van der Waals surface area contributed by atoms with Gasteiger partial charge in [0.1, 0.15) is 12.4 Å². The smallest absolute Gasteiger partial charge is 0.122 e. The second kappa shape index (κ2) is 9.09. The topological polar surface area (TPSA) is 21.3 Å². The van der Waals surface area contributed by atoms with Crippen molar-refractivity contribution in [3.05, 3.63) is 52.2 Å². The monoisotopic (exact) mass is 329 g/mol. The van der Waals surface area contributed by atoms with E-state index in [9.17, 15) is 0 Å². The normalized spacial score (nSPS) is 16.7. The van der Waals surface area contributed by atoms with E-state index >= 15 is 0 Å². The van der Waals surface area contributed by atoms with Gasteiger partial charge in [0.2, 0.25) is 0 Å². The number of thiophene rings is 1. The van der Waals surface area contributed by atoms with E-state index in [-0.39, 0.29) is 0 Å². The van der Waals surface area contributed by atoms with Crippen molar-refractivity contribution in [1.82, 2.24) is 5.32 Å². The van der Waals surface area contributed by atoms with E-state index in [4.69, 9.17) is 4.74 Å². The number of benzene rings is 1. The highest BCUT2D eigenvalue weighted by molar-refractivity contribution is 7.09. The summed E-state index contributed by atoms with van der Waals surface area (Å²) in [4.78, 5) is 1.26. The van der Waals surface area contributed by atoms with Crippen LogP contribution < -0.4 is 10.1 Å². The molecule has 124 valence electrons. The minimum Gasteiger partial charge on any atom is -0.488 e. The standard InChI is InChI=1S/C20H27NOS/c1-2-4-7-18(8-5-3-1)21-15-17-10-12-19(13-11-17)22-16-20-9-6-14-23-20/h6,9-14,18,21H,1-5,7-8,15-16H2. The van der Waals surface area contributed by atoms with Gasteiger partial charge in [0.25, 0.3) is 0 Å². The van der Waals surface area contributed by atoms with Crippen molar-refractivity contribution in [2.45, 2.75) is 64.1 Å². The molecule has 0 saturated heterocycles. The molecule has 0 bridgehead atoms. The Morgan fingerprint density at radius 1 is 0.957 bits per heavy atom. The average molecular weight is 330 g/mol. The zero-order chi connectivity index (χ0) is 15.7. The minimum atomic E-state index is 0.664. The van der Waals surface area contributed by atoms with Crippen LogP contribution in [0.2, 0.25) is 0 Å². The van der Waals surface area contributed by atoms with Gasteiger partial charge in [0.15, 0.2) is 0 Å². The van der Waals surface area contributed by atoms with Crippen LogP contribution in [-0.4, -0.2) is 6.04 Å². The summed E-state index contributed by atoms with van der Waals surface area (Å²) in [6.07, 6.45) is 9.69. The largest absolute Gasteiger partial charge is 0.488 e. The summed E-state index contributed by atoms with van der Waals surface area (Å²) in [5.41, 5.74) is 1.34. The molecule has 0 radical (unpaired) electrons. The Morgan fingerprint density at radius 2 is 1.70 bits per heavy atom. The van der Waals surface area contributed by atoms with E-state index in [1.54, 1.807) is 11.3 Å². The van der Waals surface area contributed by atoms with Crippen LogP contribution in [0.1, 0.15) is 55.4 Å². The van der Waals surface area contributed by atoms with E-state index < -0.39 is 0 Å². The molecule has 2 nitrogen and oxygen atoms in total. The van der Waals surface area contributed by atoms with Crippen LogP contribution in [0.3, 0.4) is 0 Å². The first-order valence-electron chi connectivity index (χ1n) is 8.88. The molecule has 23 heavy (non-hydrogen) atoms. The Labute approximate surface area is 143 Å². The maximum absolute atomic E-state index is 5.82. The summed E-state index contributed by atoms with van der Waals surface area (Å²) in [6, 6.07) is 13.4. The lowest BCUT2D eigenvalue weighted by Crippen LogP contribution is -2.29.